The van der Waals surface area contributed by atoms with Gasteiger partial charge in [-0.2, -0.15) is 0 Å². The number of anilines is 6. The van der Waals surface area contributed by atoms with Crippen molar-refractivity contribution in [1.29, 1.82) is 0 Å². The Balaban J connectivity index is 0.888. The van der Waals surface area contributed by atoms with Gasteiger partial charge in [-0.1, -0.05) is 214 Å². The van der Waals surface area contributed by atoms with Gasteiger partial charge in [-0.15, -0.1) is 11.3 Å². The minimum absolute atomic E-state index is 0.373. The molecule has 0 amide bonds. The molecule has 3 aromatic heterocycles. The maximum atomic E-state index is 2.69. The molecule has 0 unspecified atom stereocenters. The number of thiophene rings is 1. The van der Waals surface area contributed by atoms with Gasteiger partial charge in [0, 0.05) is 71.7 Å². The standard InChI is InChI=1S/C77H53N3S/c1-77(2)69-48-63(78(59-34-17-30-54(43-59)50-21-7-3-8-22-50)60-35-18-31-55(44-60)51-23-9-4-10-24-51)39-41-66(69)72-71-65-38-16-15-29-58(65)47-68-73(71)80(76(72)77)74-67-42-40-64(49-70(67)81-75(68)74)79(61-36-19-32-56(45-61)52-25-11-5-12-26-52)62-37-20-33-57(46-62)53-27-13-6-14-28-53/h3-49H,1-2H3. The highest BCUT2D eigenvalue weighted by Crippen LogP contribution is 2.59. The third kappa shape index (κ3) is 7.55. The van der Waals surface area contributed by atoms with Gasteiger partial charge in [-0.25, -0.2) is 0 Å². The first kappa shape index (κ1) is 47.0. The molecule has 1 aliphatic rings. The van der Waals surface area contributed by atoms with Crippen LogP contribution in [0.3, 0.4) is 0 Å². The van der Waals surface area contributed by atoms with Crippen molar-refractivity contribution in [3.8, 4) is 55.6 Å². The molecule has 1 aliphatic carbocycles. The lowest BCUT2D eigenvalue weighted by atomic mass is 9.85. The van der Waals surface area contributed by atoms with E-state index < -0.39 is 0 Å². The Morgan fingerprint density at radius 1 is 0.333 bits per heavy atom. The van der Waals surface area contributed by atoms with Crippen molar-refractivity contribution in [3.05, 3.63) is 296 Å². The molecule has 0 N–H and O–H groups in total. The van der Waals surface area contributed by atoms with E-state index in [9.17, 15) is 0 Å². The van der Waals surface area contributed by atoms with Crippen molar-refractivity contribution < 1.29 is 0 Å². The monoisotopic (exact) mass is 1050 g/mol. The van der Waals surface area contributed by atoms with E-state index in [0.29, 0.717) is 0 Å². The fourth-order valence-corrected chi connectivity index (χ4v) is 14.5. The van der Waals surface area contributed by atoms with E-state index in [2.05, 4.69) is 313 Å². The number of rotatable bonds is 10. The first-order valence-electron chi connectivity index (χ1n) is 28.0. The van der Waals surface area contributed by atoms with Gasteiger partial charge in [-0.3, -0.25) is 0 Å². The largest absolute Gasteiger partial charge is 0.310 e. The number of hydrogen-bond donors (Lipinski definition) is 0. The van der Waals surface area contributed by atoms with Crippen LogP contribution < -0.4 is 9.80 Å². The van der Waals surface area contributed by atoms with E-state index in [1.54, 1.807) is 0 Å². The second-order valence-electron chi connectivity index (χ2n) is 22.1. The molecule has 81 heavy (non-hydrogen) atoms. The number of benzene rings is 12. The summed E-state index contributed by atoms with van der Waals surface area (Å²) in [6.07, 6.45) is 0. The van der Waals surface area contributed by atoms with Gasteiger partial charge < -0.3 is 14.2 Å². The summed E-state index contributed by atoms with van der Waals surface area (Å²) in [7, 11) is 0. The van der Waals surface area contributed by atoms with Gasteiger partial charge in [0.1, 0.15) is 0 Å². The summed E-state index contributed by atoms with van der Waals surface area (Å²) in [4.78, 5) is 4.89. The highest BCUT2D eigenvalue weighted by Gasteiger charge is 2.43. The molecule has 0 saturated heterocycles. The molecular weight excluding hydrogens is 999 g/mol. The average Bonchev–Trinajstić information content (AvgIpc) is 2.04. The SMILES string of the molecule is CC1(C)c2cc(N(c3cccc(-c4ccccc4)c3)c3cccc(-c4ccccc4)c3)ccc2-c2c1n1c3c4ccc(N(c5cccc(-c6ccccc6)c5)c5cccc(-c6ccccc6)c5)cc4sc3c3cc4ccccc4c2c31. The Labute approximate surface area is 475 Å². The molecule has 0 spiro atoms. The molecular formula is C77H53N3S. The minimum Gasteiger partial charge on any atom is -0.310 e. The summed E-state index contributed by atoms with van der Waals surface area (Å²) in [6, 6.07) is 105. The Kier molecular flexibility index (Phi) is 10.8. The van der Waals surface area contributed by atoms with Crippen LogP contribution in [0.2, 0.25) is 0 Å². The molecule has 0 aliphatic heterocycles. The van der Waals surface area contributed by atoms with Gasteiger partial charge >= 0.3 is 0 Å². The zero-order chi connectivity index (χ0) is 53.8. The lowest BCUT2D eigenvalue weighted by molar-refractivity contribution is 0.634. The number of fused-ring (bicyclic) bond motifs is 12. The number of aromatic nitrogens is 1. The van der Waals surface area contributed by atoms with Crippen molar-refractivity contribution >= 4 is 92.8 Å². The predicted molar refractivity (Wildman–Crippen MR) is 345 cm³/mol. The lowest BCUT2D eigenvalue weighted by Gasteiger charge is -2.29. The van der Waals surface area contributed by atoms with Crippen molar-refractivity contribution in [1.82, 2.24) is 4.40 Å². The number of nitrogens with zero attached hydrogens (tertiary/aromatic N) is 3. The summed E-state index contributed by atoms with van der Waals surface area (Å²) in [5.41, 5.74) is 23.8. The third-order valence-electron chi connectivity index (χ3n) is 17.0. The van der Waals surface area contributed by atoms with Crippen LogP contribution in [-0.2, 0) is 5.41 Å². The summed E-state index contributed by atoms with van der Waals surface area (Å²) in [6.45, 7) is 4.91. The van der Waals surface area contributed by atoms with Gasteiger partial charge in [0.15, 0.2) is 0 Å². The smallest absolute Gasteiger partial charge is 0.0725 e. The average molecular weight is 1050 g/mol. The zero-order valence-electron chi connectivity index (χ0n) is 44.9. The van der Waals surface area contributed by atoms with E-state index in [4.69, 9.17) is 0 Å². The Morgan fingerprint density at radius 2 is 0.753 bits per heavy atom. The fraction of sp³-hybridized carbons (Fsp3) is 0.0390. The van der Waals surface area contributed by atoms with Crippen molar-refractivity contribution in [2.75, 3.05) is 9.80 Å². The number of hydrogen-bond acceptors (Lipinski definition) is 3. The summed E-state index contributed by atoms with van der Waals surface area (Å²) in [5, 5.41) is 6.49. The molecule has 3 nitrogen and oxygen atoms in total. The minimum atomic E-state index is -0.373. The van der Waals surface area contributed by atoms with Crippen LogP contribution in [0, 0.1) is 0 Å². The van der Waals surface area contributed by atoms with Gasteiger partial charge in [0.25, 0.3) is 0 Å². The summed E-state index contributed by atoms with van der Waals surface area (Å²) in [5.74, 6) is 0. The van der Waals surface area contributed by atoms with E-state index in [1.165, 1.54) is 114 Å². The molecule has 0 bridgehead atoms. The first-order chi connectivity index (χ1) is 39.9. The molecule has 0 fully saturated rings. The van der Waals surface area contributed by atoms with Crippen molar-refractivity contribution in [3.63, 3.8) is 0 Å². The predicted octanol–water partition coefficient (Wildman–Crippen LogP) is 22.0. The van der Waals surface area contributed by atoms with Gasteiger partial charge in [0.05, 0.1) is 15.7 Å². The highest BCUT2D eigenvalue weighted by molar-refractivity contribution is 7.26. The maximum Gasteiger partial charge on any atom is 0.0725 e. The van der Waals surface area contributed by atoms with Gasteiger partial charge in [0.2, 0.25) is 0 Å². The van der Waals surface area contributed by atoms with Crippen LogP contribution in [0.1, 0.15) is 25.1 Å². The Bertz CT molecular complexity index is 4740. The van der Waals surface area contributed by atoms with E-state index >= 15 is 0 Å². The van der Waals surface area contributed by atoms with Crippen LogP contribution in [0.15, 0.2) is 285 Å². The molecule has 0 saturated carbocycles. The fourth-order valence-electron chi connectivity index (χ4n) is 13.3. The summed E-state index contributed by atoms with van der Waals surface area (Å²) >= 11 is 1.93. The summed E-state index contributed by atoms with van der Waals surface area (Å²) < 4.78 is 5.28. The zero-order valence-corrected chi connectivity index (χ0v) is 45.7. The van der Waals surface area contributed by atoms with Crippen LogP contribution >= 0.6 is 11.3 Å². The molecule has 15 aromatic rings. The molecule has 382 valence electrons. The second-order valence-corrected chi connectivity index (χ2v) is 23.1. The molecule has 0 radical (unpaired) electrons. The third-order valence-corrected chi connectivity index (χ3v) is 18.1. The lowest BCUT2D eigenvalue weighted by Crippen LogP contribution is -2.19. The maximum absolute atomic E-state index is 2.69. The Morgan fingerprint density at radius 3 is 1.25 bits per heavy atom. The molecule has 4 heteroatoms. The van der Waals surface area contributed by atoms with Crippen molar-refractivity contribution in [2.24, 2.45) is 0 Å². The quantitative estimate of drug-likeness (QED) is 0.135. The topological polar surface area (TPSA) is 10.9 Å². The van der Waals surface area contributed by atoms with E-state index in [1.807, 2.05) is 11.3 Å². The van der Waals surface area contributed by atoms with Crippen LogP contribution in [0.4, 0.5) is 34.1 Å². The Hall–Kier alpha value is -10.0. The van der Waals surface area contributed by atoms with E-state index in [0.717, 1.165) is 34.1 Å². The molecule has 3 heterocycles. The van der Waals surface area contributed by atoms with Gasteiger partial charge in [-0.05, 0) is 151 Å². The molecule has 0 atom stereocenters. The van der Waals surface area contributed by atoms with E-state index in [-0.39, 0.29) is 5.41 Å². The normalized spacial score (nSPS) is 12.7. The van der Waals surface area contributed by atoms with Crippen molar-refractivity contribution in [2.45, 2.75) is 19.3 Å². The first-order valence-corrected chi connectivity index (χ1v) is 28.8. The second kappa shape index (κ2) is 18.6. The van der Waals surface area contributed by atoms with Crippen LogP contribution in [-0.4, -0.2) is 4.40 Å². The molecule has 12 aromatic carbocycles. The van der Waals surface area contributed by atoms with Crippen LogP contribution in [0.5, 0.6) is 0 Å². The van der Waals surface area contributed by atoms with Crippen LogP contribution in [0.25, 0.3) is 103 Å². The highest BCUT2D eigenvalue weighted by atomic mass is 32.1. The molecule has 16 rings (SSSR count).